The Morgan fingerprint density at radius 2 is 2.18 bits per heavy atom. The minimum Gasteiger partial charge on any atom is -0.306 e. The minimum absolute atomic E-state index is 0.0280. The molecule has 5 heteroatoms. The van der Waals surface area contributed by atoms with Crippen molar-refractivity contribution in [2.24, 2.45) is 0 Å². The highest BCUT2D eigenvalue weighted by Gasteiger charge is 2.24. The predicted molar refractivity (Wildman–Crippen MR) is 74.4 cm³/mol. The van der Waals surface area contributed by atoms with Crippen molar-refractivity contribution >= 4 is 38.7 Å². The molecule has 2 aromatic heterocycles. The first-order chi connectivity index (χ1) is 7.99. The zero-order chi connectivity index (χ0) is 12.6. The van der Waals surface area contributed by atoms with E-state index < -0.39 is 0 Å². The standard InChI is InChI=1S/C12H15BrClN3/c1-4-12(2,3)17-10(6-14)16-9-5-8(13)7-15-11(9)17/h5,7H,4,6H2,1-3H3. The summed E-state index contributed by atoms with van der Waals surface area (Å²) < 4.78 is 3.08. The molecule has 0 saturated carbocycles. The lowest BCUT2D eigenvalue weighted by molar-refractivity contribution is 0.342. The van der Waals surface area contributed by atoms with E-state index in [1.54, 1.807) is 6.20 Å². The molecule has 17 heavy (non-hydrogen) atoms. The summed E-state index contributed by atoms with van der Waals surface area (Å²) in [5.41, 5.74) is 1.76. The van der Waals surface area contributed by atoms with E-state index >= 15 is 0 Å². The van der Waals surface area contributed by atoms with Gasteiger partial charge in [0.05, 0.1) is 5.88 Å². The fourth-order valence-corrected chi connectivity index (χ4v) is 2.37. The van der Waals surface area contributed by atoms with Crippen molar-refractivity contribution in [1.29, 1.82) is 0 Å². The largest absolute Gasteiger partial charge is 0.306 e. The van der Waals surface area contributed by atoms with Gasteiger partial charge in [-0.3, -0.25) is 0 Å². The number of hydrogen-bond donors (Lipinski definition) is 0. The highest BCUT2D eigenvalue weighted by molar-refractivity contribution is 9.10. The van der Waals surface area contributed by atoms with Gasteiger partial charge in [-0.05, 0) is 42.3 Å². The number of alkyl halides is 1. The van der Waals surface area contributed by atoms with Crippen LogP contribution in [-0.4, -0.2) is 14.5 Å². The lowest BCUT2D eigenvalue weighted by atomic mass is 10.0. The lowest BCUT2D eigenvalue weighted by Crippen LogP contribution is -2.27. The number of halogens is 2. The molecule has 0 unspecified atom stereocenters. The van der Waals surface area contributed by atoms with Gasteiger partial charge in [0.2, 0.25) is 0 Å². The Morgan fingerprint density at radius 3 is 2.76 bits per heavy atom. The van der Waals surface area contributed by atoms with E-state index in [1.165, 1.54) is 0 Å². The van der Waals surface area contributed by atoms with Gasteiger partial charge in [-0.2, -0.15) is 0 Å². The first-order valence-electron chi connectivity index (χ1n) is 5.59. The van der Waals surface area contributed by atoms with Crippen molar-refractivity contribution in [3.05, 3.63) is 22.6 Å². The molecular formula is C12H15BrClN3. The fourth-order valence-electron chi connectivity index (χ4n) is 1.87. The van der Waals surface area contributed by atoms with Gasteiger partial charge in [-0.15, -0.1) is 11.6 Å². The second kappa shape index (κ2) is 4.58. The quantitative estimate of drug-likeness (QED) is 0.799. The van der Waals surface area contributed by atoms with Gasteiger partial charge in [-0.25, -0.2) is 9.97 Å². The zero-order valence-corrected chi connectivity index (χ0v) is 12.5. The summed E-state index contributed by atoms with van der Waals surface area (Å²) >= 11 is 9.39. The minimum atomic E-state index is -0.0280. The van der Waals surface area contributed by atoms with Crippen molar-refractivity contribution in [1.82, 2.24) is 14.5 Å². The average Bonchev–Trinajstić information content (AvgIpc) is 2.67. The zero-order valence-electron chi connectivity index (χ0n) is 10.2. The van der Waals surface area contributed by atoms with Crippen LogP contribution in [0.15, 0.2) is 16.7 Å². The van der Waals surface area contributed by atoms with Crippen molar-refractivity contribution in [2.45, 2.75) is 38.6 Å². The maximum absolute atomic E-state index is 5.98. The van der Waals surface area contributed by atoms with Gasteiger partial charge in [0.1, 0.15) is 11.3 Å². The molecule has 0 amide bonds. The molecule has 2 heterocycles. The van der Waals surface area contributed by atoms with Gasteiger partial charge in [0.25, 0.3) is 0 Å². The number of pyridine rings is 1. The Morgan fingerprint density at radius 1 is 1.47 bits per heavy atom. The molecule has 0 fully saturated rings. The predicted octanol–water partition coefficient (Wildman–Crippen LogP) is 4.08. The second-order valence-electron chi connectivity index (χ2n) is 4.66. The third kappa shape index (κ3) is 2.20. The van der Waals surface area contributed by atoms with E-state index in [4.69, 9.17) is 11.6 Å². The topological polar surface area (TPSA) is 30.7 Å². The molecule has 0 radical (unpaired) electrons. The van der Waals surface area contributed by atoms with E-state index in [0.717, 1.165) is 27.9 Å². The molecule has 92 valence electrons. The summed E-state index contributed by atoms with van der Waals surface area (Å²) in [6.07, 6.45) is 2.80. The van der Waals surface area contributed by atoms with Crippen LogP contribution in [0, 0.1) is 0 Å². The van der Waals surface area contributed by atoms with Crippen LogP contribution in [0.4, 0.5) is 0 Å². The maximum Gasteiger partial charge on any atom is 0.160 e. The highest BCUT2D eigenvalue weighted by Crippen LogP contribution is 2.28. The highest BCUT2D eigenvalue weighted by atomic mass is 79.9. The molecule has 0 aromatic carbocycles. The smallest absolute Gasteiger partial charge is 0.160 e. The number of hydrogen-bond acceptors (Lipinski definition) is 2. The van der Waals surface area contributed by atoms with E-state index in [-0.39, 0.29) is 5.54 Å². The Kier molecular flexibility index (Phi) is 3.46. The third-order valence-corrected chi connectivity index (χ3v) is 3.80. The molecular weight excluding hydrogens is 302 g/mol. The first-order valence-corrected chi connectivity index (χ1v) is 6.91. The molecule has 0 atom stereocenters. The summed E-state index contributed by atoms with van der Waals surface area (Å²) in [4.78, 5) is 9.00. The van der Waals surface area contributed by atoms with Crippen LogP contribution < -0.4 is 0 Å². The summed E-state index contributed by atoms with van der Waals surface area (Å²) in [6, 6.07) is 1.97. The Labute approximate surface area is 114 Å². The van der Waals surface area contributed by atoms with Crippen molar-refractivity contribution in [2.75, 3.05) is 0 Å². The molecule has 0 saturated heterocycles. The van der Waals surface area contributed by atoms with Crippen LogP contribution in [-0.2, 0) is 11.4 Å². The summed E-state index contributed by atoms with van der Waals surface area (Å²) in [7, 11) is 0. The molecule has 0 bridgehead atoms. The molecule has 0 aliphatic carbocycles. The molecule has 0 aliphatic heterocycles. The Hall–Kier alpha value is -0.610. The van der Waals surface area contributed by atoms with E-state index in [0.29, 0.717) is 5.88 Å². The molecule has 2 aromatic rings. The molecule has 2 rings (SSSR count). The SMILES string of the molecule is CCC(C)(C)n1c(CCl)nc2cc(Br)cnc21. The molecule has 3 nitrogen and oxygen atoms in total. The monoisotopic (exact) mass is 315 g/mol. The van der Waals surface area contributed by atoms with Crippen LogP contribution in [0.5, 0.6) is 0 Å². The number of nitrogens with zero attached hydrogens (tertiary/aromatic N) is 3. The van der Waals surface area contributed by atoms with Crippen LogP contribution in [0.1, 0.15) is 33.0 Å². The van der Waals surface area contributed by atoms with Gasteiger partial charge < -0.3 is 4.57 Å². The second-order valence-corrected chi connectivity index (χ2v) is 5.84. The number of imidazole rings is 1. The summed E-state index contributed by atoms with van der Waals surface area (Å²) in [6.45, 7) is 6.50. The van der Waals surface area contributed by atoms with Gasteiger partial charge in [0.15, 0.2) is 5.65 Å². The number of rotatable bonds is 3. The first kappa shape index (κ1) is 12.8. The van der Waals surface area contributed by atoms with Crippen molar-refractivity contribution in [3.63, 3.8) is 0 Å². The van der Waals surface area contributed by atoms with Crippen molar-refractivity contribution in [3.8, 4) is 0 Å². The third-order valence-electron chi connectivity index (χ3n) is 3.12. The van der Waals surface area contributed by atoms with Gasteiger partial charge >= 0.3 is 0 Å². The van der Waals surface area contributed by atoms with Crippen molar-refractivity contribution < 1.29 is 0 Å². The maximum atomic E-state index is 5.98. The molecule has 0 spiro atoms. The van der Waals surface area contributed by atoms with E-state index in [2.05, 4.69) is 51.2 Å². The van der Waals surface area contributed by atoms with E-state index in [9.17, 15) is 0 Å². The van der Waals surface area contributed by atoms with E-state index in [1.807, 2.05) is 6.07 Å². The normalized spacial score (nSPS) is 12.3. The van der Waals surface area contributed by atoms with Crippen LogP contribution >= 0.6 is 27.5 Å². The Bertz CT molecular complexity index is 548. The number of aromatic nitrogens is 3. The summed E-state index contributed by atoms with van der Waals surface area (Å²) in [5, 5.41) is 0. The lowest BCUT2D eigenvalue weighted by Gasteiger charge is -2.27. The van der Waals surface area contributed by atoms with Crippen LogP contribution in [0.2, 0.25) is 0 Å². The number of fused-ring (bicyclic) bond motifs is 1. The van der Waals surface area contributed by atoms with Crippen LogP contribution in [0.3, 0.4) is 0 Å². The Balaban J connectivity index is 2.75. The van der Waals surface area contributed by atoms with Gasteiger partial charge in [0, 0.05) is 16.2 Å². The average molecular weight is 317 g/mol. The molecule has 0 N–H and O–H groups in total. The summed E-state index contributed by atoms with van der Waals surface area (Å²) in [5.74, 6) is 1.27. The van der Waals surface area contributed by atoms with Crippen LogP contribution in [0.25, 0.3) is 11.2 Å². The molecule has 0 aliphatic rings. The fraction of sp³-hybridized carbons (Fsp3) is 0.500. The van der Waals surface area contributed by atoms with Gasteiger partial charge in [-0.1, -0.05) is 6.92 Å².